The summed E-state index contributed by atoms with van der Waals surface area (Å²) in [6, 6.07) is 10.6. The lowest BCUT2D eigenvalue weighted by Crippen LogP contribution is -1.99. The molecule has 6 heteroatoms. The zero-order valence-corrected chi connectivity index (χ0v) is 13.4. The summed E-state index contributed by atoms with van der Waals surface area (Å²) in [7, 11) is 1.59. The lowest BCUT2D eigenvalue weighted by Gasteiger charge is -2.11. The number of phenolic OH excluding ortho intramolecular Hbond substituents is 1. The number of aromatic nitrogens is 2. The van der Waals surface area contributed by atoms with Gasteiger partial charge in [0.05, 0.1) is 29.3 Å². The van der Waals surface area contributed by atoms with Gasteiger partial charge in [-0.15, -0.1) is 0 Å². The molecule has 0 fully saturated rings. The number of aliphatic hydroxyl groups excluding tert-OH is 1. The van der Waals surface area contributed by atoms with Crippen molar-refractivity contribution in [3.05, 3.63) is 47.8 Å². The molecule has 0 aliphatic carbocycles. The number of methoxy groups -OCH3 is 1. The third-order valence-corrected chi connectivity index (χ3v) is 3.74. The van der Waals surface area contributed by atoms with Crippen LogP contribution in [-0.2, 0) is 0 Å². The standard InChI is InChI=1S/C17H14N2O3S/c1-9-18-13-7-6-12(17(21)23)16(20)14(13)15(19-9)10-4-3-5-11(8-10)22-2/h3-8,20H,1-2H3,(H,21,23). The predicted octanol–water partition coefficient (Wildman–Crippen LogP) is 3.55. The Morgan fingerprint density at radius 2 is 1.96 bits per heavy atom. The van der Waals surface area contributed by atoms with Gasteiger partial charge in [0.15, 0.2) is 5.05 Å². The predicted molar refractivity (Wildman–Crippen MR) is 92.3 cm³/mol. The molecule has 1 aromatic heterocycles. The number of hydrogen-bond acceptors (Lipinski definition) is 5. The molecule has 0 saturated carbocycles. The Morgan fingerprint density at radius 1 is 1.17 bits per heavy atom. The van der Waals surface area contributed by atoms with Gasteiger partial charge in [-0.25, -0.2) is 9.97 Å². The first-order chi connectivity index (χ1) is 11.0. The second kappa shape index (κ2) is 5.81. The molecule has 1 heterocycles. The second-order valence-electron chi connectivity index (χ2n) is 5.01. The number of aryl methyl sites for hydroxylation is 1. The van der Waals surface area contributed by atoms with Crippen molar-refractivity contribution in [3.63, 3.8) is 0 Å². The molecule has 0 saturated heterocycles. The summed E-state index contributed by atoms with van der Waals surface area (Å²) in [5.74, 6) is 1.13. The van der Waals surface area contributed by atoms with Crippen molar-refractivity contribution in [2.75, 3.05) is 7.11 Å². The Hall–Kier alpha value is -2.73. The number of hydrogen-bond donors (Lipinski definition) is 2. The van der Waals surface area contributed by atoms with Crippen molar-refractivity contribution >= 4 is 28.2 Å². The number of rotatable bonds is 3. The van der Waals surface area contributed by atoms with Gasteiger partial charge < -0.3 is 14.9 Å². The maximum absolute atomic E-state index is 10.5. The fraction of sp³-hybridized carbons (Fsp3) is 0.118. The van der Waals surface area contributed by atoms with Crippen molar-refractivity contribution in [3.8, 4) is 22.8 Å². The van der Waals surface area contributed by atoms with E-state index in [1.165, 1.54) is 0 Å². The van der Waals surface area contributed by atoms with Crippen LogP contribution in [0.1, 0.15) is 11.4 Å². The Morgan fingerprint density at radius 3 is 2.65 bits per heavy atom. The van der Waals surface area contributed by atoms with Crippen LogP contribution in [0.5, 0.6) is 11.5 Å². The Labute approximate surface area is 138 Å². The fourth-order valence-electron chi connectivity index (χ4n) is 2.48. The van der Waals surface area contributed by atoms with E-state index < -0.39 is 0 Å². The second-order valence-corrected chi connectivity index (χ2v) is 5.40. The monoisotopic (exact) mass is 326 g/mol. The minimum atomic E-state index is -0.374. The number of benzene rings is 2. The van der Waals surface area contributed by atoms with Crippen LogP contribution in [0.2, 0.25) is 0 Å². The van der Waals surface area contributed by atoms with Gasteiger partial charge in [-0.3, -0.25) is 0 Å². The molecule has 3 aromatic rings. The van der Waals surface area contributed by atoms with Gasteiger partial charge in [-0.05, 0) is 43.4 Å². The molecule has 0 bridgehead atoms. The van der Waals surface area contributed by atoms with Gasteiger partial charge in [0.1, 0.15) is 17.3 Å². The van der Waals surface area contributed by atoms with Gasteiger partial charge in [0.25, 0.3) is 0 Å². The van der Waals surface area contributed by atoms with Crippen LogP contribution in [-0.4, -0.2) is 32.3 Å². The van der Waals surface area contributed by atoms with Crippen molar-refractivity contribution in [2.24, 2.45) is 0 Å². The number of thiocarbonyl (C=S) groups is 1. The maximum atomic E-state index is 10.5. The highest BCUT2D eigenvalue weighted by atomic mass is 32.1. The smallest absolute Gasteiger partial charge is 0.192 e. The van der Waals surface area contributed by atoms with Gasteiger partial charge in [-0.2, -0.15) is 0 Å². The topological polar surface area (TPSA) is 75.5 Å². The molecule has 0 radical (unpaired) electrons. The van der Waals surface area contributed by atoms with Crippen LogP contribution in [0.25, 0.3) is 22.2 Å². The number of aliphatic hydroxyl groups is 1. The molecule has 23 heavy (non-hydrogen) atoms. The van der Waals surface area contributed by atoms with Crippen molar-refractivity contribution in [1.82, 2.24) is 9.97 Å². The SMILES string of the molecule is COc1cccc(-c2nc(C)nc3ccc(C(O)=S)c(O)c23)c1. The molecule has 2 aromatic carbocycles. The van der Waals surface area contributed by atoms with Crippen LogP contribution in [0.3, 0.4) is 0 Å². The van der Waals surface area contributed by atoms with Gasteiger partial charge in [-0.1, -0.05) is 12.1 Å². The van der Waals surface area contributed by atoms with E-state index in [0.29, 0.717) is 28.2 Å². The molecule has 2 N–H and O–H groups in total. The Bertz CT molecular complexity index is 925. The summed E-state index contributed by atoms with van der Waals surface area (Å²) in [5.41, 5.74) is 2.09. The molecule has 0 amide bonds. The summed E-state index contributed by atoms with van der Waals surface area (Å²) in [4.78, 5) is 8.80. The van der Waals surface area contributed by atoms with Gasteiger partial charge in [0.2, 0.25) is 0 Å². The molecule has 116 valence electrons. The minimum absolute atomic E-state index is 0.132. The van der Waals surface area contributed by atoms with E-state index in [9.17, 15) is 10.2 Å². The lowest BCUT2D eigenvalue weighted by atomic mass is 10.0. The molecule has 0 aliphatic heterocycles. The summed E-state index contributed by atoms with van der Waals surface area (Å²) in [5, 5.41) is 20.2. The van der Waals surface area contributed by atoms with E-state index in [1.54, 1.807) is 26.2 Å². The minimum Gasteiger partial charge on any atom is -0.506 e. The summed E-state index contributed by atoms with van der Waals surface area (Å²) in [6.07, 6.45) is 0. The van der Waals surface area contributed by atoms with E-state index in [1.807, 2.05) is 24.3 Å². The maximum Gasteiger partial charge on any atom is 0.192 e. The molecule has 0 spiro atoms. The average molecular weight is 326 g/mol. The first kappa shape index (κ1) is 15.2. The molecule has 5 nitrogen and oxygen atoms in total. The highest BCUT2D eigenvalue weighted by Gasteiger charge is 2.17. The number of ether oxygens (including phenoxy) is 1. The summed E-state index contributed by atoms with van der Waals surface area (Å²) in [6.45, 7) is 1.78. The molecular weight excluding hydrogens is 312 g/mol. The fourth-order valence-corrected chi connectivity index (χ4v) is 2.64. The van der Waals surface area contributed by atoms with Crippen LogP contribution in [0, 0.1) is 6.92 Å². The molecule has 0 atom stereocenters. The van der Waals surface area contributed by atoms with Crippen LogP contribution in [0.4, 0.5) is 0 Å². The van der Waals surface area contributed by atoms with E-state index >= 15 is 0 Å². The summed E-state index contributed by atoms with van der Waals surface area (Å²) >= 11 is 4.77. The summed E-state index contributed by atoms with van der Waals surface area (Å²) < 4.78 is 5.24. The first-order valence-corrected chi connectivity index (χ1v) is 7.30. The molecule has 0 unspecified atom stereocenters. The van der Waals surface area contributed by atoms with E-state index in [0.717, 1.165) is 5.56 Å². The van der Waals surface area contributed by atoms with E-state index in [4.69, 9.17) is 17.0 Å². The lowest BCUT2D eigenvalue weighted by molar-refractivity contribution is 0.415. The third kappa shape index (κ3) is 2.68. The highest BCUT2D eigenvalue weighted by molar-refractivity contribution is 7.80. The quantitative estimate of drug-likeness (QED) is 0.717. The number of fused-ring (bicyclic) bond motifs is 1. The average Bonchev–Trinajstić information content (AvgIpc) is 2.54. The molecule has 3 rings (SSSR count). The van der Waals surface area contributed by atoms with Crippen LogP contribution < -0.4 is 4.74 Å². The first-order valence-electron chi connectivity index (χ1n) is 6.89. The van der Waals surface area contributed by atoms with Gasteiger partial charge >= 0.3 is 0 Å². The Balaban J connectivity index is 2.38. The zero-order chi connectivity index (χ0) is 16.6. The van der Waals surface area contributed by atoms with Crippen molar-refractivity contribution in [2.45, 2.75) is 6.92 Å². The van der Waals surface area contributed by atoms with Crippen molar-refractivity contribution in [1.29, 1.82) is 0 Å². The van der Waals surface area contributed by atoms with E-state index in [-0.39, 0.29) is 16.4 Å². The highest BCUT2D eigenvalue weighted by Crippen LogP contribution is 2.36. The van der Waals surface area contributed by atoms with Gasteiger partial charge in [0, 0.05) is 5.56 Å². The Kier molecular flexibility index (Phi) is 3.83. The molecular formula is C17H14N2O3S. The normalized spacial score (nSPS) is 10.7. The van der Waals surface area contributed by atoms with E-state index in [2.05, 4.69) is 9.97 Å². The number of phenols is 1. The van der Waals surface area contributed by atoms with Crippen molar-refractivity contribution < 1.29 is 14.9 Å². The third-order valence-electron chi connectivity index (χ3n) is 3.52. The van der Waals surface area contributed by atoms with Crippen LogP contribution in [0.15, 0.2) is 36.4 Å². The number of aromatic hydroxyl groups is 1. The molecule has 0 aliphatic rings. The zero-order valence-electron chi connectivity index (χ0n) is 12.6. The van der Waals surface area contributed by atoms with Crippen LogP contribution >= 0.6 is 12.2 Å². The number of nitrogens with zero attached hydrogens (tertiary/aromatic N) is 2. The largest absolute Gasteiger partial charge is 0.506 e.